The standard InChI is InChI=1S/C23H29N5O/c1-17(2)14-21(23(29)26-9-8-24)19-5-3-4-18(15-19)20-6-7-22(27-16-20)28-12-10-25-11-13-28/h3-7,15-17,21,25H,9-14H2,1-2H3,(H,26,29)/t21-/m1/s1. The second-order valence-corrected chi connectivity index (χ2v) is 7.83. The second-order valence-electron chi connectivity index (χ2n) is 7.83. The molecule has 0 radical (unpaired) electrons. The van der Waals surface area contributed by atoms with E-state index in [2.05, 4.69) is 52.6 Å². The Labute approximate surface area is 172 Å². The molecule has 1 amide bonds. The number of nitrogens with one attached hydrogen (secondary N) is 2. The van der Waals surface area contributed by atoms with Gasteiger partial charge in [-0.15, -0.1) is 0 Å². The summed E-state index contributed by atoms with van der Waals surface area (Å²) in [6.45, 7) is 8.14. The molecule has 2 heterocycles. The third-order valence-corrected chi connectivity index (χ3v) is 5.18. The number of pyridine rings is 1. The van der Waals surface area contributed by atoms with Gasteiger partial charge < -0.3 is 15.5 Å². The molecule has 152 valence electrons. The van der Waals surface area contributed by atoms with Gasteiger partial charge in [-0.25, -0.2) is 4.98 Å². The molecule has 1 aliphatic rings. The van der Waals surface area contributed by atoms with Gasteiger partial charge in [-0.2, -0.15) is 5.26 Å². The Morgan fingerprint density at radius 2 is 2.03 bits per heavy atom. The predicted octanol–water partition coefficient (Wildman–Crippen LogP) is 2.93. The summed E-state index contributed by atoms with van der Waals surface area (Å²) in [5.41, 5.74) is 3.05. The van der Waals surface area contributed by atoms with Crippen LogP contribution in [0.1, 0.15) is 31.7 Å². The predicted molar refractivity (Wildman–Crippen MR) is 116 cm³/mol. The molecular weight excluding hydrogens is 362 g/mol. The van der Waals surface area contributed by atoms with Crippen molar-refractivity contribution < 1.29 is 4.79 Å². The Balaban J connectivity index is 1.81. The van der Waals surface area contributed by atoms with Gasteiger partial charge in [0.15, 0.2) is 0 Å². The van der Waals surface area contributed by atoms with E-state index >= 15 is 0 Å². The smallest absolute Gasteiger partial charge is 0.228 e. The van der Waals surface area contributed by atoms with Crippen LogP contribution in [0.3, 0.4) is 0 Å². The van der Waals surface area contributed by atoms with Crippen LogP contribution < -0.4 is 15.5 Å². The molecule has 29 heavy (non-hydrogen) atoms. The lowest BCUT2D eigenvalue weighted by atomic mass is 9.88. The maximum absolute atomic E-state index is 12.6. The van der Waals surface area contributed by atoms with Gasteiger partial charge in [0.05, 0.1) is 12.0 Å². The van der Waals surface area contributed by atoms with Crippen LogP contribution in [0.25, 0.3) is 11.1 Å². The normalized spacial score (nSPS) is 15.0. The summed E-state index contributed by atoms with van der Waals surface area (Å²) in [5, 5.41) is 14.9. The maximum Gasteiger partial charge on any atom is 0.228 e. The molecule has 1 aliphatic heterocycles. The van der Waals surface area contributed by atoms with Crippen molar-refractivity contribution in [1.29, 1.82) is 5.26 Å². The van der Waals surface area contributed by atoms with Crippen LogP contribution in [-0.2, 0) is 4.79 Å². The van der Waals surface area contributed by atoms with Crippen LogP contribution in [0.15, 0.2) is 42.6 Å². The fraction of sp³-hybridized carbons (Fsp3) is 0.435. The van der Waals surface area contributed by atoms with Crippen molar-refractivity contribution in [2.75, 3.05) is 37.6 Å². The lowest BCUT2D eigenvalue weighted by molar-refractivity contribution is -0.122. The summed E-state index contributed by atoms with van der Waals surface area (Å²) in [7, 11) is 0. The molecule has 1 saturated heterocycles. The number of hydrogen-bond donors (Lipinski definition) is 2. The van der Waals surface area contributed by atoms with Crippen molar-refractivity contribution in [3.05, 3.63) is 48.2 Å². The third-order valence-electron chi connectivity index (χ3n) is 5.18. The Bertz CT molecular complexity index is 850. The van der Waals surface area contributed by atoms with Crippen LogP contribution in [0.4, 0.5) is 5.82 Å². The summed E-state index contributed by atoms with van der Waals surface area (Å²) in [4.78, 5) is 19.6. The lowest BCUT2D eigenvalue weighted by Crippen LogP contribution is -2.43. The van der Waals surface area contributed by atoms with Crippen molar-refractivity contribution in [2.45, 2.75) is 26.2 Å². The Hall–Kier alpha value is -2.91. The number of rotatable bonds is 7. The summed E-state index contributed by atoms with van der Waals surface area (Å²) >= 11 is 0. The first-order valence-corrected chi connectivity index (χ1v) is 10.2. The van der Waals surface area contributed by atoms with Crippen LogP contribution in [-0.4, -0.2) is 43.6 Å². The number of nitriles is 1. The fourth-order valence-electron chi connectivity index (χ4n) is 3.69. The van der Waals surface area contributed by atoms with E-state index in [4.69, 9.17) is 5.26 Å². The maximum atomic E-state index is 12.6. The molecule has 0 spiro atoms. The first-order valence-electron chi connectivity index (χ1n) is 10.2. The second kappa shape index (κ2) is 10.0. The zero-order valence-electron chi connectivity index (χ0n) is 17.2. The van der Waals surface area contributed by atoms with Crippen molar-refractivity contribution >= 4 is 11.7 Å². The molecule has 3 rings (SSSR count). The first kappa shape index (κ1) is 20.8. The zero-order valence-corrected chi connectivity index (χ0v) is 17.2. The van der Waals surface area contributed by atoms with E-state index in [-0.39, 0.29) is 18.4 Å². The molecule has 1 fully saturated rings. The van der Waals surface area contributed by atoms with Crippen LogP contribution in [0, 0.1) is 17.2 Å². The molecule has 1 aromatic heterocycles. The number of piperazine rings is 1. The van der Waals surface area contributed by atoms with Gasteiger partial charge in [-0.1, -0.05) is 38.1 Å². The van der Waals surface area contributed by atoms with E-state index in [0.29, 0.717) is 5.92 Å². The zero-order chi connectivity index (χ0) is 20.6. The highest BCUT2D eigenvalue weighted by atomic mass is 16.1. The molecule has 1 aromatic carbocycles. The van der Waals surface area contributed by atoms with E-state index in [1.165, 1.54) is 0 Å². The Morgan fingerprint density at radius 1 is 1.24 bits per heavy atom. The molecular formula is C23H29N5O. The number of aromatic nitrogens is 1. The van der Waals surface area contributed by atoms with Gasteiger partial charge in [0, 0.05) is 37.9 Å². The summed E-state index contributed by atoms with van der Waals surface area (Å²) < 4.78 is 0. The average Bonchev–Trinajstić information content (AvgIpc) is 2.76. The lowest BCUT2D eigenvalue weighted by Gasteiger charge is -2.28. The molecule has 0 unspecified atom stereocenters. The van der Waals surface area contributed by atoms with Crippen LogP contribution in [0.5, 0.6) is 0 Å². The molecule has 1 atom stereocenters. The van der Waals surface area contributed by atoms with Crippen molar-refractivity contribution in [3.63, 3.8) is 0 Å². The number of carbonyl (C=O) groups is 1. The van der Waals surface area contributed by atoms with Gasteiger partial charge in [0.2, 0.25) is 5.91 Å². The number of carbonyl (C=O) groups excluding carboxylic acids is 1. The molecule has 2 aromatic rings. The highest BCUT2D eigenvalue weighted by molar-refractivity contribution is 5.84. The number of nitrogens with zero attached hydrogens (tertiary/aromatic N) is 3. The van der Waals surface area contributed by atoms with Gasteiger partial charge in [-0.05, 0) is 35.6 Å². The Morgan fingerprint density at radius 3 is 2.69 bits per heavy atom. The highest BCUT2D eigenvalue weighted by Crippen LogP contribution is 2.29. The van der Waals surface area contributed by atoms with E-state index in [9.17, 15) is 4.79 Å². The highest BCUT2D eigenvalue weighted by Gasteiger charge is 2.22. The van der Waals surface area contributed by atoms with E-state index in [1.807, 2.05) is 30.5 Å². The summed E-state index contributed by atoms with van der Waals surface area (Å²) in [5.74, 6) is 1.01. The van der Waals surface area contributed by atoms with Crippen LogP contribution >= 0.6 is 0 Å². The Kier molecular flexibility index (Phi) is 7.20. The van der Waals surface area contributed by atoms with Gasteiger partial charge >= 0.3 is 0 Å². The van der Waals surface area contributed by atoms with Gasteiger partial charge in [0.25, 0.3) is 0 Å². The summed E-state index contributed by atoms with van der Waals surface area (Å²) in [6, 6.07) is 14.2. The molecule has 0 aliphatic carbocycles. The van der Waals surface area contributed by atoms with Crippen molar-refractivity contribution in [3.8, 4) is 17.2 Å². The quantitative estimate of drug-likeness (QED) is 0.710. The minimum Gasteiger partial charge on any atom is -0.354 e. The monoisotopic (exact) mass is 391 g/mol. The average molecular weight is 392 g/mol. The largest absolute Gasteiger partial charge is 0.354 e. The molecule has 6 heteroatoms. The van der Waals surface area contributed by atoms with Gasteiger partial charge in [0.1, 0.15) is 12.4 Å². The van der Waals surface area contributed by atoms with E-state index in [0.717, 1.165) is 55.1 Å². The SMILES string of the molecule is CC(C)C[C@@H](C(=O)NCC#N)c1cccc(-c2ccc(N3CCNCC3)nc2)c1. The molecule has 6 nitrogen and oxygen atoms in total. The molecule has 2 N–H and O–H groups in total. The van der Waals surface area contributed by atoms with Gasteiger partial charge in [-0.3, -0.25) is 4.79 Å². The fourth-order valence-corrected chi connectivity index (χ4v) is 3.69. The summed E-state index contributed by atoms with van der Waals surface area (Å²) in [6.07, 6.45) is 2.64. The minimum atomic E-state index is -0.267. The first-order chi connectivity index (χ1) is 14.1. The number of benzene rings is 1. The number of anilines is 1. The van der Waals surface area contributed by atoms with E-state index < -0.39 is 0 Å². The minimum absolute atomic E-state index is 0.0323. The van der Waals surface area contributed by atoms with E-state index in [1.54, 1.807) is 0 Å². The van der Waals surface area contributed by atoms with Crippen molar-refractivity contribution in [1.82, 2.24) is 15.6 Å². The van der Waals surface area contributed by atoms with Crippen LogP contribution in [0.2, 0.25) is 0 Å². The molecule has 0 bridgehead atoms. The topological polar surface area (TPSA) is 81.0 Å². The van der Waals surface area contributed by atoms with Crippen molar-refractivity contribution in [2.24, 2.45) is 5.92 Å². The number of amides is 1. The third kappa shape index (κ3) is 5.55. The number of hydrogen-bond acceptors (Lipinski definition) is 5. The molecule has 0 saturated carbocycles.